The molecule has 98 valence electrons. The van der Waals surface area contributed by atoms with Gasteiger partial charge in [0.05, 0.1) is 5.54 Å². The first kappa shape index (κ1) is 12.7. The number of rotatable bonds is 3. The van der Waals surface area contributed by atoms with Crippen molar-refractivity contribution in [3.8, 4) is 0 Å². The van der Waals surface area contributed by atoms with Crippen LogP contribution in [0.1, 0.15) is 51.4 Å². The van der Waals surface area contributed by atoms with Crippen molar-refractivity contribution in [2.24, 2.45) is 5.73 Å². The average molecular weight is 239 g/mol. The van der Waals surface area contributed by atoms with Crippen LogP contribution in [0.25, 0.3) is 0 Å². The number of nitrogens with zero attached hydrogens (tertiary/aromatic N) is 1. The second-order valence-electron chi connectivity index (χ2n) is 5.63. The second kappa shape index (κ2) is 5.25. The van der Waals surface area contributed by atoms with Gasteiger partial charge in [0.1, 0.15) is 0 Å². The Morgan fingerprint density at radius 1 is 1.29 bits per heavy atom. The van der Waals surface area contributed by atoms with Gasteiger partial charge in [0, 0.05) is 19.6 Å². The molecule has 0 aromatic heterocycles. The van der Waals surface area contributed by atoms with E-state index in [2.05, 4.69) is 5.32 Å². The first-order valence-corrected chi connectivity index (χ1v) is 6.92. The molecule has 2 saturated carbocycles. The van der Waals surface area contributed by atoms with Gasteiger partial charge in [0.2, 0.25) is 0 Å². The molecule has 2 fully saturated rings. The van der Waals surface area contributed by atoms with Crippen molar-refractivity contribution in [3.63, 3.8) is 0 Å². The minimum Gasteiger partial charge on any atom is -0.335 e. The van der Waals surface area contributed by atoms with Crippen LogP contribution in [-0.4, -0.2) is 36.1 Å². The summed E-state index contributed by atoms with van der Waals surface area (Å²) in [6.45, 7) is 0.585. The van der Waals surface area contributed by atoms with Gasteiger partial charge in [-0.2, -0.15) is 0 Å². The molecule has 17 heavy (non-hydrogen) atoms. The number of likely N-dealkylation sites (N-methyl/N-ethyl adjacent to an activating group) is 1. The minimum absolute atomic E-state index is 0.0693. The zero-order valence-corrected chi connectivity index (χ0v) is 10.9. The summed E-state index contributed by atoms with van der Waals surface area (Å²) in [5.41, 5.74) is 5.87. The maximum Gasteiger partial charge on any atom is 0.317 e. The molecular formula is C13H25N3O. The van der Waals surface area contributed by atoms with Crippen LogP contribution in [0.15, 0.2) is 0 Å². The van der Waals surface area contributed by atoms with Crippen molar-refractivity contribution in [2.45, 2.75) is 62.9 Å². The van der Waals surface area contributed by atoms with Crippen molar-refractivity contribution in [1.82, 2.24) is 10.2 Å². The Morgan fingerprint density at radius 2 is 1.88 bits per heavy atom. The van der Waals surface area contributed by atoms with E-state index in [1.165, 1.54) is 25.7 Å². The number of hydrogen-bond donors (Lipinski definition) is 2. The molecule has 0 atom stereocenters. The van der Waals surface area contributed by atoms with Crippen LogP contribution < -0.4 is 11.1 Å². The Hall–Kier alpha value is -0.770. The van der Waals surface area contributed by atoms with E-state index in [-0.39, 0.29) is 11.6 Å². The summed E-state index contributed by atoms with van der Waals surface area (Å²) >= 11 is 0. The van der Waals surface area contributed by atoms with Crippen LogP contribution in [0.3, 0.4) is 0 Å². The number of hydrogen-bond acceptors (Lipinski definition) is 2. The van der Waals surface area contributed by atoms with Gasteiger partial charge in [0.25, 0.3) is 0 Å². The number of carbonyl (C=O) groups is 1. The van der Waals surface area contributed by atoms with E-state index >= 15 is 0 Å². The standard InChI is InChI=1S/C13H25N3O/c1-16(12(17)15-11-6-7-11)13(10-14)8-4-2-3-5-9-13/h11H,2-10,14H2,1H3,(H,15,17). The largest absolute Gasteiger partial charge is 0.335 e. The zero-order chi connectivity index (χ0) is 12.3. The Balaban J connectivity index is 2.00. The molecule has 0 unspecified atom stereocenters. The molecule has 0 aromatic rings. The molecule has 3 N–H and O–H groups in total. The summed E-state index contributed by atoms with van der Waals surface area (Å²) in [4.78, 5) is 14.0. The molecule has 4 nitrogen and oxygen atoms in total. The lowest BCUT2D eigenvalue weighted by molar-refractivity contribution is 0.124. The Morgan fingerprint density at radius 3 is 2.35 bits per heavy atom. The van der Waals surface area contributed by atoms with Crippen molar-refractivity contribution in [2.75, 3.05) is 13.6 Å². The summed E-state index contributed by atoms with van der Waals surface area (Å²) < 4.78 is 0. The van der Waals surface area contributed by atoms with Crippen molar-refractivity contribution >= 4 is 6.03 Å². The third kappa shape index (κ3) is 2.92. The highest BCUT2D eigenvalue weighted by molar-refractivity contribution is 5.75. The predicted octanol–water partition coefficient (Wildman–Crippen LogP) is 1.84. The summed E-state index contributed by atoms with van der Waals surface area (Å²) in [6, 6.07) is 0.491. The molecule has 4 heteroatoms. The van der Waals surface area contributed by atoms with E-state index in [4.69, 9.17) is 5.73 Å². The van der Waals surface area contributed by atoms with E-state index < -0.39 is 0 Å². The number of amides is 2. The van der Waals surface area contributed by atoms with Gasteiger partial charge in [0.15, 0.2) is 0 Å². The van der Waals surface area contributed by atoms with Crippen LogP contribution in [0.4, 0.5) is 4.79 Å². The number of urea groups is 1. The fourth-order valence-electron chi connectivity index (χ4n) is 2.78. The third-order valence-corrected chi connectivity index (χ3v) is 4.34. The van der Waals surface area contributed by atoms with Gasteiger partial charge in [-0.1, -0.05) is 25.7 Å². The van der Waals surface area contributed by atoms with E-state index in [1.807, 2.05) is 11.9 Å². The fourth-order valence-corrected chi connectivity index (χ4v) is 2.78. The molecular weight excluding hydrogens is 214 g/mol. The fraction of sp³-hybridized carbons (Fsp3) is 0.923. The van der Waals surface area contributed by atoms with Crippen molar-refractivity contribution < 1.29 is 4.79 Å². The lowest BCUT2D eigenvalue weighted by Crippen LogP contribution is -2.57. The molecule has 0 bridgehead atoms. The zero-order valence-electron chi connectivity index (χ0n) is 10.9. The van der Waals surface area contributed by atoms with Gasteiger partial charge >= 0.3 is 6.03 Å². The Kier molecular flexibility index (Phi) is 3.92. The number of carbonyl (C=O) groups excluding carboxylic acids is 1. The molecule has 0 aromatic carbocycles. The molecule has 2 aliphatic carbocycles. The summed E-state index contributed by atoms with van der Waals surface area (Å²) in [5, 5.41) is 3.06. The highest BCUT2D eigenvalue weighted by atomic mass is 16.2. The maximum atomic E-state index is 12.1. The van der Waals surface area contributed by atoms with Crippen LogP contribution >= 0.6 is 0 Å². The molecule has 2 aliphatic rings. The van der Waals surface area contributed by atoms with E-state index in [0.29, 0.717) is 12.6 Å². The molecule has 0 heterocycles. The quantitative estimate of drug-likeness (QED) is 0.738. The lowest BCUT2D eigenvalue weighted by Gasteiger charge is -2.40. The van der Waals surface area contributed by atoms with E-state index in [1.54, 1.807) is 0 Å². The van der Waals surface area contributed by atoms with Gasteiger partial charge in [-0.25, -0.2) is 4.79 Å². The Bertz CT molecular complexity index is 268. The van der Waals surface area contributed by atoms with Crippen molar-refractivity contribution in [1.29, 1.82) is 0 Å². The molecule has 2 rings (SSSR count). The van der Waals surface area contributed by atoms with Crippen LogP contribution in [-0.2, 0) is 0 Å². The minimum atomic E-state index is -0.102. The summed E-state index contributed by atoms with van der Waals surface area (Å²) in [6.07, 6.45) is 9.32. The van der Waals surface area contributed by atoms with Crippen LogP contribution in [0.2, 0.25) is 0 Å². The number of nitrogens with two attached hydrogens (primary N) is 1. The average Bonchev–Trinajstić information content (AvgIpc) is 3.14. The molecule has 0 aliphatic heterocycles. The molecule has 2 amide bonds. The lowest BCUT2D eigenvalue weighted by atomic mass is 9.89. The number of nitrogens with one attached hydrogen (secondary N) is 1. The van der Waals surface area contributed by atoms with Crippen LogP contribution in [0, 0.1) is 0 Å². The second-order valence-corrected chi connectivity index (χ2v) is 5.63. The van der Waals surface area contributed by atoms with E-state index in [0.717, 1.165) is 25.7 Å². The van der Waals surface area contributed by atoms with Gasteiger partial charge in [-0.05, 0) is 25.7 Å². The first-order valence-electron chi connectivity index (χ1n) is 6.92. The summed E-state index contributed by atoms with van der Waals surface area (Å²) in [5.74, 6) is 0. The molecule has 0 radical (unpaired) electrons. The summed E-state index contributed by atoms with van der Waals surface area (Å²) in [7, 11) is 1.91. The molecule has 0 spiro atoms. The third-order valence-electron chi connectivity index (χ3n) is 4.34. The first-order chi connectivity index (χ1) is 8.18. The maximum absolute atomic E-state index is 12.1. The van der Waals surface area contributed by atoms with Crippen LogP contribution in [0.5, 0.6) is 0 Å². The van der Waals surface area contributed by atoms with E-state index in [9.17, 15) is 4.79 Å². The predicted molar refractivity (Wildman–Crippen MR) is 68.8 cm³/mol. The van der Waals surface area contributed by atoms with Gasteiger partial charge in [-0.3, -0.25) is 0 Å². The molecule has 0 saturated heterocycles. The van der Waals surface area contributed by atoms with Gasteiger partial charge in [-0.15, -0.1) is 0 Å². The SMILES string of the molecule is CN(C(=O)NC1CC1)C1(CN)CCCCCC1. The topological polar surface area (TPSA) is 58.4 Å². The Labute approximate surface area is 104 Å². The van der Waals surface area contributed by atoms with Gasteiger partial charge < -0.3 is 16.0 Å². The highest BCUT2D eigenvalue weighted by Gasteiger charge is 2.37. The normalized spacial score (nSPS) is 23.9. The smallest absolute Gasteiger partial charge is 0.317 e. The van der Waals surface area contributed by atoms with Crippen molar-refractivity contribution in [3.05, 3.63) is 0 Å². The highest BCUT2D eigenvalue weighted by Crippen LogP contribution is 2.31. The monoisotopic (exact) mass is 239 g/mol.